The number of nitrogens with zero attached hydrogens (tertiary/aromatic N) is 2. The van der Waals surface area contributed by atoms with E-state index in [9.17, 15) is 4.79 Å². The smallest absolute Gasteiger partial charge is 0.317 e. The van der Waals surface area contributed by atoms with Crippen LogP contribution >= 0.6 is 9.39 Å². The van der Waals surface area contributed by atoms with E-state index < -0.39 is 0 Å². The lowest BCUT2D eigenvalue weighted by Gasteiger charge is -2.32. The average Bonchev–Trinajstić information content (AvgIpc) is 2.38. The van der Waals surface area contributed by atoms with Crippen LogP contribution in [-0.2, 0) is 6.54 Å². The Labute approximate surface area is 104 Å². The van der Waals surface area contributed by atoms with Crippen molar-refractivity contribution in [1.29, 1.82) is 0 Å². The van der Waals surface area contributed by atoms with Gasteiger partial charge in [0.05, 0.1) is 0 Å². The van der Waals surface area contributed by atoms with Crippen molar-refractivity contribution in [2.75, 3.05) is 26.2 Å². The van der Waals surface area contributed by atoms with Crippen molar-refractivity contribution >= 4 is 15.4 Å². The van der Waals surface area contributed by atoms with Crippen LogP contribution in [0.4, 0.5) is 4.79 Å². The van der Waals surface area contributed by atoms with E-state index in [2.05, 4.69) is 19.4 Å². The van der Waals surface area contributed by atoms with Crippen LogP contribution in [0.15, 0.2) is 30.3 Å². The highest BCUT2D eigenvalue weighted by Gasteiger charge is 2.18. The molecule has 0 saturated carbocycles. The topological polar surface area (TPSA) is 35.6 Å². The number of amides is 2. The van der Waals surface area contributed by atoms with Crippen molar-refractivity contribution in [3.8, 4) is 0 Å². The number of urea groups is 1. The van der Waals surface area contributed by atoms with Gasteiger partial charge in [0.2, 0.25) is 0 Å². The molecule has 1 unspecified atom stereocenters. The standard InChI is InChI=1S/C12H18N3OP/c16-12(14-6-8-15(17)9-7-14)13-10-11-4-2-1-3-5-11/h1-5H,6-10,17H2,(H,13,16). The van der Waals surface area contributed by atoms with E-state index in [4.69, 9.17) is 0 Å². The van der Waals surface area contributed by atoms with Gasteiger partial charge in [0.25, 0.3) is 0 Å². The van der Waals surface area contributed by atoms with E-state index in [1.807, 2.05) is 35.2 Å². The van der Waals surface area contributed by atoms with Gasteiger partial charge in [-0.3, -0.25) is 4.67 Å². The number of carbonyl (C=O) groups is 1. The van der Waals surface area contributed by atoms with Gasteiger partial charge in [0, 0.05) is 32.7 Å². The summed E-state index contributed by atoms with van der Waals surface area (Å²) < 4.78 is 2.15. The number of carbonyl (C=O) groups excluding carboxylic acids is 1. The Hall–Kier alpha value is -1.12. The minimum absolute atomic E-state index is 0.0342. The molecule has 0 aliphatic carbocycles. The third kappa shape index (κ3) is 3.69. The molecule has 1 atom stereocenters. The predicted molar refractivity (Wildman–Crippen MR) is 71.5 cm³/mol. The molecule has 1 aliphatic rings. The quantitative estimate of drug-likeness (QED) is 0.804. The molecule has 1 fully saturated rings. The molecule has 0 radical (unpaired) electrons. The Morgan fingerprint density at radius 3 is 2.47 bits per heavy atom. The zero-order valence-corrected chi connectivity index (χ0v) is 11.0. The summed E-state index contributed by atoms with van der Waals surface area (Å²) in [4.78, 5) is 13.7. The molecular formula is C12H18N3OP. The molecule has 0 aromatic heterocycles. The third-order valence-electron chi connectivity index (χ3n) is 2.89. The van der Waals surface area contributed by atoms with E-state index in [1.54, 1.807) is 0 Å². The van der Waals surface area contributed by atoms with Crippen LogP contribution in [-0.4, -0.2) is 41.8 Å². The molecule has 0 spiro atoms. The molecule has 17 heavy (non-hydrogen) atoms. The molecule has 1 aliphatic heterocycles. The number of nitrogens with one attached hydrogen (secondary N) is 1. The van der Waals surface area contributed by atoms with Gasteiger partial charge in [-0.1, -0.05) is 39.7 Å². The Kier molecular flexibility index (Phi) is 4.35. The Balaban J connectivity index is 1.78. The molecule has 0 bridgehead atoms. The number of rotatable bonds is 2. The van der Waals surface area contributed by atoms with Crippen molar-refractivity contribution in [2.24, 2.45) is 0 Å². The Morgan fingerprint density at radius 2 is 1.82 bits per heavy atom. The molecule has 1 aromatic rings. The average molecular weight is 251 g/mol. The molecule has 1 heterocycles. The van der Waals surface area contributed by atoms with E-state index in [0.29, 0.717) is 6.54 Å². The van der Waals surface area contributed by atoms with Crippen LogP contribution in [0, 0.1) is 0 Å². The van der Waals surface area contributed by atoms with Gasteiger partial charge in [0.1, 0.15) is 0 Å². The summed E-state index contributed by atoms with van der Waals surface area (Å²) in [5.41, 5.74) is 1.13. The fraction of sp³-hybridized carbons (Fsp3) is 0.417. The van der Waals surface area contributed by atoms with Gasteiger partial charge < -0.3 is 10.2 Å². The van der Waals surface area contributed by atoms with E-state index in [0.717, 1.165) is 31.7 Å². The number of piperazine rings is 1. The first-order valence-electron chi connectivity index (χ1n) is 5.82. The fourth-order valence-corrected chi connectivity index (χ4v) is 2.04. The van der Waals surface area contributed by atoms with Gasteiger partial charge in [0.15, 0.2) is 0 Å². The summed E-state index contributed by atoms with van der Waals surface area (Å²) in [5, 5.41) is 2.95. The van der Waals surface area contributed by atoms with Crippen LogP contribution in [0.1, 0.15) is 5.56 Å². The monoisotopic (exact) mass is 251 g/mol. The van der Waals surface area contributed by atoms with Crippen molar-refractivity contribution in [3.63, 3.8) is 0 Å². The van der Waals surface area contributed by atoms with E-state index in [1.165, 1.54) is 0 Å². The van der Waals surface area contributed by atoms with Gasteiger partial charge in [-0.2, -0.15) is 0 Å². The van der Waals surface area contributed by atoms with Crippen molar-refractivity contribution in [2.45, 2.75) is 6.54 Å². The zero-order valence-electron chi connectivity index (χ0n) is 9.80. The second-order valence-electron chi connectivity index (χ2n) is 4.17. The maximum atomic E-state index is 11.9. The van der Waals surface area contributed by atoms with Crippen LogP contribution in [0.2, 0.25) is 0 Å². The SMILES string of the molecule is O=C(NCc1ccccc1)N1CCN(P)CC1. The second-order valence-corrected chi connectivity index (χ2v) is 4.90. The predicted octanol–water partition coefficient (Wildman–Crippen LogP) is 1.30. The first kappa shape index (κ1) is 12.3. The highest BCUT2D eigenvalue weighted by molar-refractivity contribution is 7.13. The van der Waals surface area contributed by atoms with Crippen molar-refractivity contribution in [3.05, 3.63) is 35.9 Å². The number of benzene rings is 1. The summed E-state index contributed by atoms with van der Waals surface area (Å²) in [5.74, 6) is 0. The molecule has 2 amide bonds. The Morgan fingerprint density at radius 1 is 1.18 bits per heavy atom. The summed E-state index contributed by atoms with van der Waals surface area (Å²) in [6.45, 7) is 4.03. The summed E-state index contributed by atoms with van der Waals surface area (Å²) in [6, 6.07) is 10.0. The first-order valence-corrected chi connectivity index (χ1v) is 6.34. The van der Waals surface area contributed by atoms with E-state index in [-0.39, 0.29) is 6.03 Å². The van der Waals surface area contributed by atoms with Crippen LogP contribution < -0.4 is 5.32 Å². The molecule has 4 nitrogen and oxygen atoms in total. The van der Waals surface area contributed by atoms with Crippen LogP contribution in [0.5, 0.6) is 0 Å². The minimum atomic E-state index is 0.0342. The lowest BCUT2D eigenvalue weighted by atomic mass is 10.2. The normalized spacial score (nSPS) is 16.9. The third-order valence-corrected chi connectivity index (χ3v) is 3.40. The summed E-state index contributed by atoms with van der Waals surface area (Å²) >= 11 is 0. The van der Waals surface area contributed by atoms with Crippen molar-refractivity contribution in [1.82, 2.24) is 14.9 Å². The van der Waals surface area contributed by atoms with Gasteiger partial charge in [-0.05, 0) is 5.56 Å². The first-order chi connectivity index (χ1) is 8.25. The highest BCUT2D eigenvalue weighted by atomic mass is 31.0. The largest absolute Gasteiger partial charge is 0.334 e. The zero-order chi connectivity index (χ0) is 12.1. The Bertz CT molecular complexity index is 363. The maximum Gasteiger partial charge on any atom is 0.317 e. The van der Waals surface area contributed by atoms with Crippen molar-refractivity contribution < 1.29 is 4.79 Å². The molecule has 5 heteroatoms. The molecule has 1 N–H and O–H groups in total. The van der Waals surface area contributed by atoms with Crippen LogP contribution in [0.3, 0.4) is 0 Å². The van der Waals surface area contributed by atoms with Gasteiger partial charge in [-0.25, -0.2) is 4.79 Å². The second kappa shape index (κ2) is 5.99. The van der Waals surface area contributed by atoms with Gasteiger partial charge >= 0.3 is 6.03 Å². The van der Waals surface area contributed by atoms with Gasteiger partial charge in [-0.15, -0.1) is 0 Å². The van der Waals surface area contributed by atoms with E-state index >= 15 is 0 Å². The molecule has 2 rings (SSSR count). The molecule has 92 valence electrons. The number of hydrogen-bond donors (Lipinski definition) is 1. The summed E-state index contributed by atoms with van der Waals surface area (Å²) in [6.07, 6.45) is 0. The highest BCUT2D eigenvalue weighted by Crippen LogP contribution is 2.06. The molecule has 1 saturated heterocycles. The minimum Gasteiger partial charge on any atom is -0.334 e. The lowest BCUT2D eigenvalue weighted by Crippen LogP contribution is -2.49. The van der Waals surface area contributed by atoms with Crippen LogP contribution in [0.25, 0.3) is 0 Å². The summed E-state index contributed by atoms with van der Waals surface area (Å²) in [7, 11) is 2.67. The molecular weight excluding hydrogens is 233 g/mol. The maximum absolute atomic E-state index is 11.9. The lowest BCUT2D eigenvalue weighted by molar-refractivity contribution is 0.175. The number of hydrogen-bond acceptors (Lipinski definition) is 2. The fourth-order valence-electron chi connectivity index (χ4n) is 1.81. The molecule has 1 aromatic carbocycles.